The molecule has 0 unspecified atom stereocenters. The summed E-state index contributed by atoms with van der Waals surface area (Å²) in [5.41, 5.74) is 0.870. The molecule has 0 fully saturated rings. The third kappa shape index (κ3) is 4.09. The van der Waals surface area contributed by atoms with Gasteiger partial charge in [-0.15, -0.1) is 0 Å². The number of ether oxygens (including phenoxy) is 1. The number of benzene rings is 1. The van der Waals surface area contributed by atoms with Gasteiger partial charge < -0.3 is 4.74 Å². The van der Waals surface area contributed by atoms with E-state index in [1.165, 1.54) is 0 Å². The second-order valence-electron chi connectivity index (χ2n) is 3.26. The van der Waals surface area contributed by atoms with Crippen LogP contribution in [0.5, 0.6) is 0 Å². The van der Waals surface area contributed by atoms with Crippen LogP contribution in [-0.4, -0.2) is 11.8 Å². The maximum Gasteiger partial charge on any atom is 0.375 e. The molecule has 1 aromatic rings. The van der Waals surface area contributed by atoms with Gasteiger partial charge in [0.05, 0.1) is 0 Å². The van der Waals surface area contributed by atoms with Crippen LogP contribution in [0.15, 0.2) is 42.5 Å². The molecule has 1 rings (SSSR count). The van der Waals surface area contributed by atoms with Crippen LogP contribution in [-0.2, 0) is 20.9 Å². The van der Waals surface area contributed by atoms with Gasteiger partial charge in [0.15, 0.2) is 0 Å². The summed E-state index contributed by atoms with van der Waals surface area (Å²) >= 11 is 0. The van der Waals surface area contributed by atoms with Crippen LogP contribution >= 0.6 is 0 Å². The summed E-state index contributed by atoms with van der Waals surface area (Å²) in [7, 11) is 0. The SMILES string of the molecule is C/C=C/CC(=O)C(=O)OCc1ccccc1. The fraction of sp³-hybridized carbons (Fsp3) is 0.231. The molecule has 0 N–H and O–H groups in total. The summed E-state index contributed by atoms with van der Waals surface area (Å²) in [5.74, 6) is -1.30. The second-order valence-corrected chi connectivity index (χ2v) is 3.26. The van der Waals surface area contributed by atoms with Crippen molar-refractivity contribution in [2.24, 2.45) is 0 Å². The van der Waals surface area contributed by atoms with E-state index in [0.717, 1.165) is 5.56 Å². The number of carbonyl (C=O) groups is 2. The van der Waals surface area contributed by atoms with E-state index < -0.39 is 11.8 Å². The van der Waals surface area contributed by atoms with Gasteiger partial charge >= 0.3 is 5.97 Å². The molecule has 0 aliphatic heterocycles. The van der Waals surface area contributed by atoms with Gasteiger partial charge in [-0.3, -0.25) is 4.79 Å². The minimum Gasteiger partial charge on any atom is -0.455 e. The smallest absolute Gasteiger partial charge is 0.375 e. The largest absolute Gasteiger partial charge is 0.455 e. The van der Waals surface area contributed by atoms with Crippen molar-refractivity contribution in [2.45, 2.75) is 20.0 Å². The van der Waals surface area contributed by atoms with Gasteiger partial charge in [-0.25, -0.2) is 4.79 Å². The maximum absolute atomic E-state index is 11.2. The molecule has 3 nitrogen and oxygen atoms in total. The van der Waals surface area contributed by atoms with E-state index in [-0.39, 0.29) is 13.0 Å². The van der Waals surface area contributed by atoms with Crippen LogP contribution in [0.25, 0.3) is 0 Å². The lowest BCUT2D eigenvalue weighted by atomic mass is 10.2. The second kappa shape index (κ2) is 6.56. The van der Waals surface area contributed by atoms with Crippen molar-refractivity contribution in [3.8, 4) is 0 Å². The normalized spacial score (nSPS) is 10.3. The Morgan fingerprint density at radius 3 is 2.56 bits per heavy atom. The molecule has 0 heterocycles. The van der Waals surface area contributed by atoms with E-state index in [1.54, 1.807) is 19.1 Å². The fourth-order valence-corrected chi connectivity index (χ4v) is 1.11. The van der Waals surface area contributed by atoms with E-state index in [2.05, 4.69) is 0 Å². The summed E-state index contributed by atoms with van der Waals surface area (Å²) in [5, 5.41) is 0. The Balaban J connectivity index is 2.38. The Hall–Kier alpha value is -1.90. The molecule has 3 heteroatoms. The van der Waals surface area contributed by atoms with Gasteiger partial charge in [0.25, 0.3) is 0 Å². The van der Waals surface area contributed by atoms with Gasteiger partial charge in [-0.1, -0.05) is 42.5 Å². The summed E-state index contributed by atoms with van der Waals surface area (Å²) in [6.07, 6.45) is 3.46. The lowest BCUT2D eigenvalue weighted by Crippen LogP contribution is -2.16. The Morgan fingerprint density at radius 1 is 1.25 bits per heavy atom. The lowest BCUT2D eigenvalue weighted by Gasteiger charge is -2.02. The molecule has 0 aliphatic rings. The maximum atomic E-state index is 11.2. The van der Waals surface area contributed by atoms with Crippen LogP contribution in [0.2, 0.25) is 0 Å². The van der Waals surface area contributed by atoms with Crippen molar-refractivity contribution in [2.75, 3.05) is 0 Å². The Morgan fingerprint density at radius 2 is 1.94 bits per heavy atom. The molecular weight excluding hydrogens is 204 g/mol. The Bertz CT molecular complexity index is 379. The highest BCUT2D eigenvalue weighted by Gasteiger charge is 2.13. The predicted molar refractivity (Wildman–Crippen MR) is 60.7 cm³/mol. The molecule has 0 saturated carbocycles. The summed E-state index contributed by atoms with van der Waals surface area (Å²) in [6, 6.07) is 9.26. The van der Waals surface area contributed by atoms with Crippen molar-refractivity contribution in [3.63, 3.8) is 0 Å². The van der Waals surface area contributed by atoms with Gasteiger partial charge in [-0.05, 0) is 12.5 Å². The number of hydrogen-bond acceptors (Lipinski definition) is 3. The first kappa shape index (κ1) is 12.2. The van der Waals surface area contributed by atoms with Gasteiger partial charge in [-0.2, -0.15) is 0 Å². The first-order valence-corrected chi connectivity index (χ1v) is 5.09. The molecular formula is C13H14O3. The topological polar surface area (TPSA) is 43.4 Å². The van der Waals surface area contributed by atoms with Crippen LogP contribution in [0.3, 0.4) is 0 Å². The van der Waals surface area contributed by atoms with Gasteiger partial charge in [0.1, 0.15) is 6.61 Å². The van der Waals surface area contributed by atoms with E-state index in [4.69, 9.17) is 4.74 Å². The van der Waals surface area contributed by atoms with Crippen LogP contribution in [0.1, 0.15) is 18.9 Å². The van der Waals surface area contributed by atoms with Crippen LogP contribution in [0.4, 0.5) is 0 Å². The zero-order chi connectivity index (χ0) is 11.8. The minimum absolute atomic E-state index is 0.101. The average molecular weight is 218 g/mol. The molecule has 0 amide bonds. The zero-order valence-electron chi connectivity index (χ0n) is 9.18. The highest BCUT2D eigenvalue weighted by Crippen LogP contribution is 2.01. The quantitative estimate of drug-likeness (QED) is 0.432. The van der Waals surface area contributed by atoms with Crippen molar-refractivity contribution >= 4 is 11.8 Å². The van der Waals surface area contributed by atoms with Crippen LogP contribution in [0, 0.1) is 0 Å². The van der Waals surface area contributed by atoms with Gasteiger partial charge in [0.2, 0.25) is 5.78 Å². The molecule has 0 radical (unpaired) electrons. The average Bonchev–Trinajstić information content (AvgIpc) is 2.34. The lowest BCUT2D eigenvalue weighted by molar-refractivity contribution is -0.154. The number of ketones is 1. The van der Waals surface area contributed by atoms with Crippen molar-refractivity contribution in [1.29, 1.82) is 0 Å². The number of allylic oxidation sites excluding steroid dienone is 2. The number of hydrogen-bond donors (Lipinski definition) is 0. The predicted octanol–water partition coefficient (Wildman–Crippen LogP) is 2.27. The molecule has 0 saturated heterocycles. The zero-order valence-corrected chi connectivity index (χ0v) is 9.18. The minimum atomic E-state index is -0.776. The monoisotopic (exact) mass is 218 g/mol. The molecule has 0 spiro atoms. The van der Waals surface area contributed by atoms with Crippen LogP contribution < -0.4 is 0 Å². The molecule has 0 bridgehead atoms. The molecule has 0 atom stereocenters. The first-order chi connectivity index (χ1) is 7.74. The summed E-state index contributed by atoms with van der Waals surface area (Å²) in [4.78, 5) is 22.4. The molecule has 16 heavy (non-hydrogen) atoms. The number of rotatable bonds is 5. The number of esters is 1. The summed E-state index contributed by atoms with van der Waals surface area (Å²) in [6.45, 7) is 1.93. The van der Waals surface area contributed by atoms with E-state index >= 15 is 0 Å². The van der Waals surface area contributed by atoms with Crippen molar-refractivity contribution < 1.29 is 14.3 Å². The van der Waals surface area contributed by atoms with Crippen molar-refractivity contribution in [1.82, 2.24) is 0 Å². The van der Waals surface area contributed by atoms with E-state index in [1.807, 2.05) is 30.3 Å². The number of carbonyl (C=O) groups excluding carboxylic acids is 2. The Kier molecular flexibility index (Phi) is 4.99. The van der Waals surface area contributed by atoms with Gasteiger partial charge in [0, 0.05) is 6.42 Å². The van der Waals surface area contributed by atoms with Crippen molar-refractivity contribution in [3.05, 3.63) is 48.0 Å². The first-order valence-electron chi connectivity index (χ1n) is 5.09. The summed E-state index contributed by atoms with van der Waals surface area (Å²) < 4.78 is 4.86. The third-order valence-electron chi connectivity index (χ3n) is 1.98. The fourth-order valence-electron chi connectivity index (χ4n) is 1.11. The molecule has 0 aliphatic carbocycles. The van der Waals surface area contributed by atoms with E-state index in [0.29, 0.717) is 0 Å². The molecule has 1 aromatic carbocycles. The molecule has 0 aromatic heterocycles. The van der Waals surface area contributed by atoms with E-state index in [9.17, 15) is 9.59 Å². The molecule has 84 valence electrons. The third-order valence-corrected chi connectivity index (χ3v) is 1.98. The highest BCUT2D eigenvalue weighted by molar-refractivity contribution is 6.33. The number of Topliss-reactive ketones (excluding diaryl/α,β-unsaturated/α-hetero) is 1. The highest BCUT2D eigenvalue weighted by atomic mass is 16.5. The Labute approximate surface area is 94.7 Å². The standard InChI is InChI=1S/C13H14O3/c1-2-3-9-12(14)13(15)16-10-11-7-5-4-6-8-11/h2-8H,9-10H2,1H3/b3-2+.